The monoisotopic (exact) mass is 290 g/mol. The molecule has 0 radical (unpaired) electrons. The van der Waals surface area contributed by atoms with E-state index in [-0.39, 0.29) is 18.2 Å². The molecule has 0 saturated heterocycles. The van der Waals surface area contributed by atoms with E-state index < -0.39 is 12.0 Å². The van der Waals surface area contributed by atoms with Crippen molar-refractivity contribution < 1.29 is 14.3 Å². The quantitative estimate of drug-likeness (QED) is 0.838. The fourth-order valence-electron chi connectivity index (χ4n) is 1.13. The highest BCUT2D eigenvalue weighted by atomic mass is 35.5. The van der Waals surface area contributed by atoms with Gasteiger partial charge in [-0.15, -0.1) is 0 Å². The molecule has 0 spiro atoms. The molecule has 0 aliphatic heterocycles. The van der Waals surface area contributed by atoms with E-state index in [0.717, 1.165) is 0 Å². The lowest BCUT2D eigenvalue weighted by Crippen LogP contribution is -2.34. The summed E-state index contributed by atoms with van der Waals surface area (Å²) in [7, 11) is 0. The highest BCUT2D eigenvalue weighted by molar-refractivity contribution is 6.43. The van der Waals surface area contributed by atoms with Crippen molar-refractivity contribution in [2.75, 3.05) is 18.5 Å². The molecule has 5 nitrogen and oxygen atoms in total. The average molecular weight is 291 g/mol. The Hall–Kier alpha value is -1.46. The average Bonchev–Trinajstić information content (AvgIpc) is 2.33. The first kappa shape index (κ1) is 14.6. The van der Waals surface area contributed by atoms with Crippen molar-refractivity contribution in [2.45, 2.75) is 6.92 Å². The molecule has 0 aliphatic carbocycles. The van der Waals surface area contributed by atoms with E-state index in [1.807, 2.05) is 0 Å². The van der Waals surface area contributed by atoms with Gasteiger partial charge in [0.1, 0.15) is 6.54 Å². The molecule has 2 amide bonds. The topological polar surface area (TPSA) is 67.4 Å². The normalized spacial score (nSPS) is 9.72. The van der Waals surface area contributed by atoms with Gasteiger partial charge in [0.25, 0.3) is 0 Å². The first-order chi connectivity index (χ1) is 8.54. The summed E-state index contributed by atoms with van der Waals surface area (Å²) in [5, 5.41) is 5.38. The number of hydrogen-bond donors (Lipinski definition) is 2. The van der Waals surface area contributed by atoms with Crippen LogP contribution in [0.25, 0.3) is 0 Å². The van der Waals surface area contributed by atoms with Gasteiger partial charge < -0.3 is 15.4 Å². The Morgan fingerprint density at radius 3 is 2.72 bits per heavy atom. The number of halogens is 2. The summed E-state index contributed by atoms with van der Waals surface area (Å²) in [6, 6.07) is 4.28. The molecular weight excluding hydrogens is 279 g/mol. The number of benzene rings is 1. The van der Waals surface area contributed by atoms with E-state index in [1.54, 1.807) is 25.1 Å². The van der Waals surface area contributed by atoms with Crippen molar-refractivity contribution in [3.05, 3.63) is 28.2 Å². The largest absolute Gasteiger partial charge is 0.465 e. The van der Waals surface area contributed by atoms with Crippen molar-refractivity contribution in [3.8, 4) is 0 Å². The zero-order valence-electron chi connectivity index (χ0n) is 9.63. The minimum Gasteiger partial charge on any atom is -0.465 e. The smallest absolute Gasteiger partial charge is 0.325 e. The lowest BCUT2D eigenvalue weighted by molar-refractivity contribution is -0.141. The number of ether oxygens (including phenoxy) is 1. The zero-order chi connectivity index (χ0) is 13.5. The highest BCUT2D eigenvalue weighted by Crippen LogP contribution is 2.29. The molecule has 0 heterocycles. The molecule has 1 aromatic carbocycles. The second kappa shape index (κ2) is 7.08. The van der Waals surface area contributed by atoms with Crippen LogP contribution in [0.3, 0.4) is 0 Å². The summed E-state index contributed by atoms with van der Waals surface area (Å²) in [5.74, 6) is -0.509. The third-order valence-corrected chi connectivity index (χ3v) is 2.72. The van der Waals surface area contributed by atoms with Gasteiger partial charge in [-0.1, -0.05) is 29.3 Å². The van der Waals surface area contributed by atoms with Crippen LogP contribution >= 0.6 is 23.2 Å². The summed E-state index contributed by atoms with van der Waals surface area (Å²) in [6.45, 7) is 1.74. The molecule has 0 saturated carbocycles. The second-order valence-corrected chi connectivity index (χ2v) is 4.00. The van der Waals surface area contributed by atoms with Crippen molar-refractivity contribution >= 4 is 40.9 Å². The van der Waals surface area contributed by atoms with E-state index in [0.29, 0.717) is 10.7 Å². The van der Waals surface area contributed by atoms with Crippen molar-refractivity contribution in [1.82, 2.24) is 5.32 Å². The van der Waals surface area contributed by atoms with E-state index in [1.165, 1.54) is 0 Å². The number of hydrogen-bond acceptors (Lipinski definition) is 3. The zero-order valence-corrected chi connectivity index (χ0v) is 11.1. The molecule has 0 fully saturated rings. The van der Waals surface area contributed by atoms with Crippen LogP contribution in [0.15, 0.2) is 18.2 Å². The maximum absolute atomic E-state index is 11.5. The van der Waals surface area contributed by atoms with Gasteiger partial charge in [0.2, 0.25) is 0 Å². The molecule has 2 N–H and O–H groups in total. The van der Waals surface area contributed by atoms with Crippen LogP contribution < -0.4 is 10.6 Å². The summed E-state index contributed by atoms with van der Waals surface area (Å²) >= 11 is 11.7. The fraction of sp³-hybridized carbons (Fsp3) is 0.273. The fourth-order valence-corrected chi connectivity index (χ4v) is 1.48. The first-order valence-corrected chi connectivity index (χ1v) is 5.94. The van der Waals surface area contributed by atoms with Gasteiger partial charge in [-0.25, -0.2) is 4.79 Å². The summed E-state index contributed by atoms with van der Waals surface area (Å²) in [6.07, 6.45) is 0. The van der Waals surface area contributed by atoms with Gasteiger partial charge in [-0.2, -0.15) is 0 Å². The van der Waals surface area contributed by atoms with Crippen molar-refractivity contribution in [3.63, 3.8) is 0 Å². The predicted octanol–water partition coefficient (Wildman–Crippen LogP) is 2.68. The Bertz CT molecular complexity index is 452. The minimum absolute atomic E-state index is 0.210. The van der Waals surface area contributed by atoms with Crippen molar-refractivity contribution in [1.29, 1.82) is 0 Å². The number of urea groups is 1. The van der Waals surface area contributed by atoms with Gasteiger partial charge in [0, 0.05) is 0 Å². The van der Waals surface area contributed by atoms with Gasteiger partial charge in [-0.3, -0.25) is 4.79 Å². The summed E-state index contributed by atoms with van der Waals surface area (Å²) < 4.78 is 4.66. The maximum Gasteiger partial charge on any atom is 0.325 e. The molecular formula is C11H12Cl2N2O3. The molecule has 0 aliphatic rings. The molecule has 1 rings (SSSR count). The lowest BCUT2D eigenvalue weighted by Gasteiger charge is -2.09. The van der Waals surface area contributed by atoms with Gasteiger partial charge in [0.15, 0.2) is 0 Å². The molecule has 98 valence electrons. The number of amides is 2. The second-order valence-electron chi connectivity index (χ2n) is 3.21. The van der Waals surface area contributed by atoms with Gasteiger partial charge >= 0.3 is 12.0 Å². The summed E-state index contributed by atoms with van der Waals surface area (Å²) in [4.78, 5) is 22.5. The predicted molar refractivity (Wildman–Crippen MR) is 70.1 cm³/mol. The number of esters is 1. The molecule has 7 heteroatoms. The van der Waals surface area contributed by atoms with Gasteiger partial charge in [0.05, 0.1) is 22.3 Å². The third-order valence-electron chi connectivity index (χ3n) is 1.90. The maximum atomic E-state index is 11.5. The number of carbonyl (C=O) groups excluding carboxylic acids is 2. The lowest BCUT2D eigenvalue weighted by atomic mass is 10.3. The number of anilines is 1. The molecule has 0 unspecified atom stereocenters. The molecule has 18 heavy (non-hydrogen) atoms. The third kappa shape index (κ3) is 4.43. The van der Waals surface area contributed by atoms with E-state index >= 15 is 0 Å². The minimum atomic E-state index is -0.563. The summed E-state index contributed by atoms with van der Waals surface area (Å²) in [5.41, 5.74) is 0.366. The number of carbonyl (C=O) groups is 2. The highest BCUT2D eigenvalue weighted by Gasteiger charge is 2.09. The molecule has 1 aromatic rings. The Labute approximate surface area is 114 Å². The van der Waals surface area contributed by atoms with E-state index in [4.69, 9.17) is 23.2 Å². The van der Waals surface area contributed by atoms with Crippen LogP contribution in [0.4, 0.5) is 10.5 Å². The van der Waals surface area contributed by atoms with Crippen LogP contribution in [0, 0.1) is 0 Å². The van der Waals surface area contributed by atoms with Gasteiger partial charge in [-0.05, 0) is 19.1 Å². The van der Waals surface area contributed by atoms with E-state index in [2.05, 4.69) is 15.4 Å². The number of rotatable bonds is 4. The molecule has 0 bridgehead atoms. The van der Waals surface area contributed by atoms with Crippen LogP contribution in [-0.2, 0) is 9.53 Å². The van der Waals surface area contributed by atoms with E-state index in [9.17, 15) is 9.59 Å². The van der Waals surface area contributed by atoms with Crippen LogP contribution in [-0.4, -0.2) is 25.2 Å². The Balaban J connectivity index is 2.50. The first-order valence-electron chi connectivity index (χ1n) is 5.19. The van der Waals surface area contributed by atoms with Crippen LogP contribution in [0.1, 0.15) is 6.92 Å². The molecule has 0 aromatic heterocycles. The number of nitrogens with one attached hydrogen (secondary N) is 2. The molecule has 0 atom stereocenters. The Kier molecular flexibility index (Phi) is 5.74. The Morgan fingerprint density at radius 2 is 2.06 bits per heavy atom. The van der Waals surface area contributed by atoms with Crippen LogP contribution in [0.5, 0.6) is 0 Å². The van der Waals surface area contributed by atoms with Crippen LogP contribution in [0.2, 0.25) is 10.0 Å². The SMILES string of the molecule is CCOC(=O)CNC(=O)Nc1cccc(Cl)c1Cl. The Morgan fingerprint density at radius 1 is 1.33 bits per heavy atom. The standard InChI is InChI=1S/C11H12Cl2N2O3/c1-2-18-9(16)6-14-11(17)15-8-5-3-4-7(12)10(8)13/h3-5H,2,6H2,1H3,(H2,14,15,17). The van der Waals surface area contributed by atoms with Crippen molar-refractivity contribution in [2.24, 2.45) is 0 Å².